The van der Waals surface area contributed by atoms with Crippen molar-refractivity contribution < 1.29 is 18.7 Å². The Morgan fingerprint density at radius 1 is 1.20 bits per heavy atom. The maximum Gasteiger partial charge on any atom is 0.325 e. The lowest BCUT2D eigenvalue weighted by molar-refractivity contribution is -0.149. The molecule has 1 heterocycles. The topological polar surface area (TPSA) is 53.1 Å². The molecule has 1 amide bonds. The fourth-order valence-electron chi connectivity index (χ4n) is 2.97. The lowest BCUT2D eigenvalue weighted by Crippen LogP contribution is -2.54. The SMILES string of the molecule is CCOC(=O)CN(C)C(=O)C(C)N1CCN(c2ccc(F)cc2)CC1. The van der Waals surface area contributed by atoms with E-state index in [0.29, 0.717) is 6.61 Å². The van der Waals surface area contributed by atoms with E-state index >= 15 is 0 Å². The number of hydrogen-bond acceptors (Lipinski definition) is 5. The molecule has 0 spiro atoms. The Bertz CT molecular complexity index is 586. The number of amides is 1. The number of likely N-dealkylation sites (N-methyl/N-ethyl adjacent to an activating group) is 1. The zero-order valence-electron chi connectivity index (χ0n) is 15.1. The average Bonchev–Trinajstić information content (AvgIpc) is 2.61. The van der Waals surface area contributed by atoms with Gasteiger partial charge >= 0.3 is 5.97 Å². The van der Waals surface area contributed by atoms with Gasteiger partial charge < -0.3 is 14.5 Å². The summed E-state index contributed by atoms with van der Waals surface area (Å²) >= 11 is 0. The van der Waals surface area contributed by atoms with Crippen molar-refractivity contribution in [2.24, 2.45) is 0 Å². The number of ether oxygens (including phenoxy) is 1. The van der Waals surface area contributed by atoms with Crippen molar-refractivity contribution in [1.29, 1.82) is 0 Å². The summed E-state index contributed by atoms with van der Waals surface area (Å²) in [6, 6.07) is 6.16. The van der Waals surface area contributed by atoms with E-state index in [1.165, 1.54) is 17.0 Å². The van der Waals surface area contributed by atoms with Crippen molar-refractivity contribution in [2.45, 2.75) is 19.9 Å². The minimum absolute atomic E-state index is 0.0352. The predicted octanol–water partition coefficient (Wildman–Crippen LogP) is 1.36. The monoisotopic (exact) mass is 351 g/mol. The van der Waals surface area contributed by atoms with Crippen LogP contribution in [0, 0.1) is 5.82 Å². The molecule has 1 aromatic rings. The highest BCUT2D eigenvalue weighted by Crippen LogP contribution is 2.18. The van der Waals surface area contributed by atoms with Gasteiger partial charge in [0.15, 0.2) is 0 Å². The zero-order chi connectivity index (χ0) is 18.4. The van der Waals surface area contributed by atoms with Gasteiger partial charge in [-0.2, -0.15) is 0 Å². The smallest absolute Gasteiger partial charge is 0.325 e. The molecule has 1 fully saturated rings. The first-order valence-corrected chi connectivity index (χ1v) is 8.57. The van der Waals surface area contributed by atoms with Gasteiger partial charge in [-0.15, -0.1) is 0 Å². The molecule has 1 aromatic carbocycles. The van der Waals surface area contributed by atoms with Crippen LogP contribution in [0.15, 0.2) is 24.3 Å². The molecular weight excluding hydrogens is 325 g/mol. The lowest BCUT2D eigenvalue weighted by Gasteiger charge is -2.39. The number of piperazine rings is 1. The Kier molecular flexibility index (Phi) is 6.75. The molecule has 1 atom stereocenters. The fourth-order valence-corrected chi connectivity index (χ4v) is 2.97. The van der Waals surface area contributed by atoms with Gasteiger partial charge in [0.25, 0.3) is 0 Å². The number of nitrogens with zero attached hydrogens (tertiary/aromatic N) is 3. The van der Waals surface area contributed by atoms with Gasteiger partial charge in [0.05, 0.1) is 12.6 Å². The molecule has 0 radical (unpaired) electrons. The minimum Gasteiger partial charge on any atom is -0.465 e. The lowest BCUT2D eigenvalue weighted by atomic mass is 10.2. The summed E-state index contributed by atoms with van der Waals surface area (Å²) in [7, 11) is 1.62. The van der Waals surface area contributed by atoms with E-state index in [-0.39, 0.29) is 24.3 Å². The van der Waals surface area contributed by atoms with Crippen LogP contribution < -0.4 is 4.90 Å². The van der Waals surface area contributed by atoms with E-state index in [4.69, 9.17) is 4.74 Å². The molecular formula is C18H26FN3O3. The number of carbonyl (C=O) groups excluding carboxylic acids is 2. The molecule has 0 aromatic heterocycles. The summed E-state index contributed by atoms with van der Waals surface area (Å²) in [4.78, 5) is 29.7. The minimum atomic E-state index is -0.397. The number of carbonyl (C=O) groups is 2. The van der Waals surface area contributed by atoms with Crippen molar-refractivity contribution >= 4 is 17.6 Å². The standard InChI is InChI=1S/C18H26FN3O3/c1-4-25-17(23)13-20(3)18(24)14(2)21-9-11-22(12-10-21)16-7-5-15(19)6-8-16/h5-8,14H,4,9-13H2,1-3H3. The molecule has 25 heavy (non-hydrogen) atoms. The molecule has 1 aliphatic heterocycles. The van der Waals surface area contributed by atoms with Crippen LogP contribution in [0.1, 0.15) is 13.8 Å². The third-order valence-corrected chi connectivity index (χ3v) is 4.46. The van der Waals surface area contributed by atoms with Crippen LogP contribution in [0.3, 0.4) is 0 Å². The second kappa shape index (κ2) is 8.80. The summed E-state index contributed by atoms with van der Waals surface area (Å²) < 4.78 is 17.9. The molecule has 0 N–H and O–H groups in total. The van der Waals surface area contributed by atoms with E-state index in [2.05, 4.69) is 9.80 Å². The van der Waals surface area contributed by atoms with E-state index in [0.717, 1.165) is 31.9 Å². The predicted molar refractivity (Wildman–Crippen MR) is 93.9 cm³/mol. The van der Waals surface area contributed by atoms with Gasteiger partial charge in [-0.25, -0.2) is 4.39 Å². The number of benzene rings is 1. The van der Waals surface area contributed by atoms with Gasteiger partial charge in [-0.1, -0.05) is 0 Å². The second-order valence-corrected chi connectivity index (χ2v) is 6.17. The average molecular weight is 351 g/mol. The zero-order valence-corrected chi connectivity index (χ0v) is 15.1. The second-order valence-electron chi connectivity index (χ2n) is 6.17. The van der Waals surface area contributed by atoms with E-state index in [1.807, 2.05) is 6.92 Å². The summed E-state index contributed by atoms with van der Waals surface area (Å²) in [6.07, 6.45) is 0. The van der Waals surface area contributed by atoms with Gasteiger partial charge in [-0.3, -0.25) is 14.5 Å². The summed E-state index contributed by atoms with van der Waals surface area (Å²) in [5.41, 5.74) is 0.986. The van der Waals surface area contributed by atoms with Crippen LogP contribution in [-0.4, -0.2) is 74.1 Å². The van der Waals surface area contributed by atoms with Crippen molar-refractivity contribution in [3.8, 4) is 0 Å². The molecule has 7 heteroatoms. The Morgan fingerprint density at radius 3 is 2.36 bits per heavy atom. The van der Waals surface area contributed by atoms with Gasteiger partial charge in [0.1, 0.15) is 12.4 Å². The number of rotatable bonds is 6. The Labute approximate surface area is 148 Å². The van der Waals surface area contributed by atoms with Crippen LogP contribution in [-0.2, 0) is 14.3 Å². The largest absolute Gasteiger partial charge is 0.465 e. The molecule has 138 valence electrons. The maximum atomic E-state index is 13.0. The van der Waals surface area contributed by atoms with Gasteiger partial charge in [0.2, 0.25) is 5.91 Å². The first kappa shape index (κ1) is 19.2. The number of hydrogen-bond donors (Lipinski definition) is 0. The van der Waals surface area contributed by atoms with Gasteiger partial charge in [-0.05, 0) is 38.1 Å². The van der Waals surface area contributed by atoms with Crippen molar-refractivity contribution in [2.75, 3.05) is 51.3 Å². The van der Waals surface area contributed by atoms with Crippen molar-refractivity contribution in [1.82, 2.24) is 9.80 Å². The molecule has 6 nitrogen and oxygen atoms in total. The number of anilines is 1. The molecule has 1 saturated heterocycles. The Hall–Kier alpha value is -2.15. The van der Waals surface area contributed by atoms with E-state index in [9.17, 15) is 14.0 Å². The summed E-state index contributed by atoms with van der Waals surface area (Å²) in [5, 5.41) is 0. The number of esters is 1. The Morgan fingerprint density at radius 2 is 1.80 bits per heavy atom. The molecule has 0 aliphatic carbocycles. The molecule has 0 saturated carbocycles. The third-order valence-electron chi connectivity index (χ3n) is 4.46. The fraction of sp³-hybridized carbons (Fsp3) is 0.556. The Balaban J connectivity index is 1.85. The summed E-state index contributed by atoms with van der Waals surface area (Å²) in [5.74, 6) is -0.735. The van der Waals surface area contributed by atoms with Crippen LogP contribution in [0.4, 0.5) is 10.1 Å². The first-order chi connectivity index (χ1) is 11.9. The van der Waals surface area contributed by atoms with Crippen LogP contribution in [0.5, 0.6) is 0 Å². The van der Waals surface area contributed by atoms with Crippen LogP contribution in [0.25, 0.3) is 0 Å². The van der Waals surface area contributed by atoms with Crippen molar-refractivity contribution in [3.05, 3.63) is 30.1 Å². The van der Waals surface area contributed by atoms with Gasteiger partial charge in [0, 0.05) is 38.9 Å². The summed E-state index contributed by atoms with van der Waals surface area (Å²) in [6.45, 7) is 6.87. The molecule has 1 unspecified atom stereocenters. The highest BCUT2D eigenvalue weighted by atomic mass is 19.1. The highest BCUT2D eigenvalue weighted by Gasteiger charge is 2.28. The van der Waals surface area contributed by atoms with Crippen LogP contribution in [0.2, 0.25) is 0 Å². The van der Waals surface area contributed by atoms with E-state index < -0.39 is 5.97 Å². The quantitative estimate of drug-likeness (QED) is 0.725. The van der Waals surface area contributed by atoms with Crippen LogP contribution >= 0.6 is 0 Å². The third kappa shape index (κ3) is 5.16. The maximum absolute atomic E-state index is 13.0. The number of halogens is 1. The van der Waals surface area contributed by atoms with Crippen molar-refractivity contribution in [3.63, 3.8) is 0 Å². The normalized spacial score (nSPS) is 16.4. The van der Waals surface area contributed by atoms with E-state index in [1.54, 1.807) is 26.1 Å². The molecule has 0 bridgehead atoms. The molecule has 1 aliphatic rings. The molecule has 2 rings (SSSR count). The first-order valence-electron chi connectivity index (χ1n) is 8.57. The highest BCUT2D eigenvalue weighted by molar-refractivity contribution is 5.85.